The van der Waals surface area contributed by atoms with Crippen LogP contribution in [0.1, 0.15) is 34.6 Å². The zero-order chi connectivity index (χ0) is 15.0. The van der Waals surface area contributed by atoms with Gasteiger partial charge in [0.1, 0.15) is 12.9 Å². The maximum absolute atomic E-state index is 11.8. The second-order valence-corrected chi connectivity index (χ2v) is 3.93. The molecule has 6 nitrogen and oxygen atoms in total. The van der Waals surface area contributed by atoms with E-state index < -0.39 is 18.0 Å². The molecule has 1 rings (SSSR count). The zero-order valence-corrected chi connectivity index (χ0v) is 11.2. The summed E-state index contributed by atoms with van der Waals surface area (Å²) in [5.74, 6) is -1.53. The van der Waals surface area contributed by atoms with Gasteiger partial charge < -0.3 is 9.84 Å². The van der Waals surface area contributed by atoms with Crippen molar-refractivity contribution in [3.63, 3.8) is 0 Å². The largest absolute Gasteiger partial charge is 0.459 e. The monoisotopic (exact) mass is 280 g/mol. The molecule has 0 radical (unpaired) electrons. The van der Waals surface area contributed by atoms with Gasteiger partial charge in [-0.05, 0) is 32.1 Å². The first-order valence-electron chi connectivity index (χ1n) is 5.99. The van der Waals surface area contributed by atoms with Gasteiger partial charge >= 0.3 is 11.9 Å². The Balaban J connectivity index is 2.81. The Morgan fingerprint density at radius 3 is 2.40 bits per heavy atom. The van der Waals surface area contributed by atoms with Crippen LogP contribution in [0.2, 0.25) is 0 Å². The van der Waals surface area contributed by atoms with E-state index in [4.69, 9.17) is 9.84 Å². The molecule has 0 bridgehead atoms. The van der Waals surface area contributed by atoms with Crippen molar-refractivity contribution in [3.05, 3.63) is 47.7 Å². The standard InChI is InChI=1S/C14H16O6/c1-3-8-19-20-14(17)12-7-5-4-6-11(12)13(16)18-9-10(2)15/h3-8,10,15H,9H2,1-2H3. The molecule has 1 atom stereocenters. The maximum atomic E-state index is 11.8. The molecule has 108 valence electrons. The van der Waals surface area contributed by atoms with E-state index in [9.17, 15) is 9.59 Å². The van der Waals surface area contributed by atoms with Crippen LogP contribution in [0.25, 0.3) is 0 Å². The highest BCUT2D eigenvalue weighted by Crippen LogP contribution is 2.12. The van der Waals surface area contributed by atoms with Gasteiger partial charge in [0.05, 0.1) is 17.2 Å². The van der Waals surface area contributed by atoms with Crippen LogP contribution in [-0.2, 0) is 14.5 Å². The van der Waals surface area contributed by atoms with Gasteiger partial charge in [-0.3, -0.25) is 4.89 Å². The summed E-state index contributed by atoms with van der Waals surface area (Å²) >= 11 is 0. The van der Waals surface area contributed by atoms with E-state index in [1.807, 2.05) is 0 Å². The molecule has 0 aliphatic carbocycles. The first kappa shape index (κ1) is 15.7. The number of rotatable bonds is 6. The molecule has 1 N–H and O–H groups in total. The van der Waals surface area contributed by atoms with Crippen molar-refractivity contribution < 1.29 is 29.2 Å². The summed E-state index contributed by atoms with van der Waals surface area (Å²) in [5.41, 5.74) is 0.0647. The van der Waals surface area contributed by atoms with E-state index in [-0.39, 0.29) is 17.7 Å². The van der Waals surface area contributed by atoms with Crippen LogP contribution < -0.4 is 0 Å². The molecule has 0 amide bonds. The minimum Gasteiger partial charge on any atom is -0.459 e. The number of ether oxygens (including phenoxy) is 1. The molecule has 20 heavy (non-hydrogen) atoms. The molecule has 1 unspecified atom stereocenters. The van der Waals surface area contributed by atoms with E-state index in [1.54, 1.807) is 19.1 Å². The summed E-state index contributed by atoms with van der Waals surface area (Å²) in [6.07, 6.45) is 1.94. The molecule has 0 aliphatic heterocycles. The fourth-order valence-electron chi connectivity index (χ4n) is 1.29. The van der Waals surface area contributed by atoms with Gasteiger partial charge in [-0.1, -0.05) is 12.1 Å². The van der Waals surface area contributed by atoms with E-state index in [0.29, 0.717) is 0 Å². The molecule has 0 fully saturated rings. The summed E-state index contributed by atoms with van der Waals surface area (Å²) < 4.78 is 4.85. The lowest BCUT2D eigenvalue weighted by Crippen LogP contribution is -2.18. The van der Waals surface area contributed by atoms with E-state index in [2.05, 4.69) is 9.78 Å². The van der Waals surface area contributed by atoms with Crippen LogP contribution >= 0.6 is 0 Å². The first-order chi connectivity index (χ1) is 9.56. The third kappa shape index (κ3) is 4.74. The van der Waals surface area contributed by atoms with Crippen molar-refractivity contribution in [2.75, 3.05) is 6.61 Å². The topological polar surface area (TPSA) is 82.1 Å². The van der Waals surface area contributed by atoms with Crippen LogP contribution in [0, 0.1) is 0 Å². The third-order valence-corrected chi connectivity index (χ3v) is 2.14. The van der Waals surface area contributed by atoms with Crippen molar-refractivity contribution in [1.29, 1.82) is 0 Å². The molecule has 0 aliphatic rings. The molecule has 6 heteroatoms. The fraction of sp³-hybridized carbons (Fsp3) is 0.286. The van der Waals surface area contributed by atoms with Crippen LogP contribution in [0.15, 0.2) is 36.6 Å². The Bertz CT molecular complexity index is 492. The minimum atomic E-state index is -0.812. The summed E-state index contributed by atoms with van der Waals surface area (Å²) in [6, 6.07) is 6.01. The summed E-state index contributed by atoms with van der Waals surface area (Å²) in [6.45, 7) is 3.02. The van der Waals surface area contributed by atoms with Crippen LogP contribution in [0.3, 0.4) is 0 Å². The summed E-state index contributed by atoms with van der Waals surface area (Å²) in [4.78, 5) is 32.6. The van der Waals surface area contributed by atoms with E-state index in [1.165, 1.54) is 31.4 Å². The highest BCUT2D eigenvalue weighted by molar-refractivity contribution is 6.02. The van der Waals surface area contributed by atoms with Crippen LogP contribution in [0.5, 0.6) is 0 Å². The number of hydrogen-bond acceptors (Lipinski definition) is 6. The normalized spacial score (nSPS) is 11.9. The Kier molecular flexibility index (Phi) is 6.25. The lowest BCUT2D eigenvalue weighted by Gasteiger charge is -2.09. The SMILES string of the molecule is CC=COOC(=O)c1ccccc1C(=O)OCC(C)O. The second kappa shape index (κ2) is 7.96. The van der Waals surface area contributed by atoms with Crippen molar-refractivity contribution in [1.82, 2.24) is 0 Å². The van der Waals surface area contributed by atoms with Gasteiger partial charge in [-0.25, -0.2) is 14.5 Å². The summed E-state index contributed by atoms with van der Waals surface area (Å²) in [7, 11) is 0. The third-order valence-electron chi connectivity index (χ3n) is 2.14. The summed E-state index contributed by atoms with van der Waals surface area (Å²) in [5, 5.41) is 9.07. The second-order valence-electron chi connectivity index (χ2n) is 3.93. The number of hydrogen-bond donors (Lipinski definition) is 1. The number of allylic oxidation sites excluding steroid dienone is 1. The van der Waals surface area contributed by atoms with Crippen molar-refractivity contribution >= 4 is 11.9 Å². The number of esters is 1. The molecule has 0 spiro atoms. The van der Waals surface area contributed by atoms with Gasteiger partial charge in [0.2, 0.25) is 0 Å². The number of aliphatic hydroxyl groups excluding tert-OH is 1. The Labute approximate surface area is 116 Å². The molecule has 0 saturated heterocycles. The molecule has 0 aromatic heterocycles. The van der Waals surface area contributed by atoms with Gasteiger partial charge in [0, 0.05) is 0 Å². The zero-order valence-electron chi connectivity index (χ0n) is 11.2. The Morgan fingerprint density at radius 2 is 1.85 bits per heavy atom. The fourth-order valence-corrected chi connectivity index (χ4v) is 1.29. The molecule has 1 aromatic rings. The molecular formula is C14H16O6. The van der Waals surface area contributed by atoms with Gasteiger partial charge in [0.15, 0.2) is 0 Å². The van der Waals surface area contributed by atoms with Crippen molar-refractivity contribution in [3.8, 4) is 0 Å². The van der Waals surface area contributed by atoms with E-state index in [0.717, 1.165) is 0 Å². The van der Waals surface area contributed by atoms with Gasteiger partial charge in [-0.2, -0.15) is 0 Å². The predicted molar refractivity (Wildman–Crippen MR) is 69.7 cm³/mol. The molecule has 0 saturated carbocycles. The Hall–Kier alpha value is -2.34. The minimum absolute atomic E-state index is 0.0209. The molecule has 1 aromatic carbocycles. The lowest BCUT2D eigenvalue weighted by atomic mass is 10.1. The smallest absolute Gasteiger partial charge is 0.387 e. The maximum Gasteiger partial charge on any atom is 0.387 e. The Morgan fingerprint density at radius 1 is 1.25 bits per heavy atom. The van der Waals surface area contributed by atoms with E-state index >= 15 is 0 Å². The number of aliphatic hydroxyl groups is 1. The van der Waals surface area contributed by atoms with Crippen molar-refractivity contribution in [2.45, 2.75) is 20.0 Å². The van der Waals surface area contributed by atoms with Gasteiger partial charge in [-0.15, -0.1) is 0 Å². The quantitative estimate of drug-likeness (QED) is 0.370. The first-order valence-corrected chi connectivity index (χ1v) is 5.99. The highest BCUT2D eigenvalue weighted by Gasteiger charge is 2.20. The van der Waals surface area contributed by atoms with Crippen molar-refractivity contribution in [2.24, 2.45) is 0 Å². The average Bonchev–Trinajstić information content (AvgIpc) is 2.44. The van der Waals surface area contributed by atoms with Gasteiger partial charge in [0.25, 0.3) is 0 Å². The molecular weight excluding hydrogens is 264 g/mol. The predicted octanol–water partition coefficient (Wildman–Crippen LogP) is 1.85. The number of carbonyl (C=O) groups is 2. The number of carbonyl (C=O) groups excluding carboxylic acids is 2. The van der Waals surface area contributed by atoms with Crippen LogP contribution in [-0.4, -0.2) is 29.8 Å². The molecule has 0 heterocycles. The highest BCUT2D eigenvalue weighted by atomic mass is 17.2. The number of benzene rings is 1. The van der Waals surface area contributed by atoms with Crippen LogP contribution in [0.4, 0.5) is 0 Å². The average molecular weight is 280 g/mol. The lowest BCUT2D eigenvalue weighted by molar-refractivity contribution is -0.191.